The molecule has 3 N–H and O–H groups in total. The van der Waals surface area contributed by atoms with Crippen LogP contribution in [0.3, 0.4) is 0 Å². The van der Waals surface area contributed by atoms with Crippen LogP contribution in [0, 0.1) is 5.92 Å². The van der Waals surface area contributed by atoms with Gasteiger partial charge in [-0.15, -0.1) is 23.1 Å². The summed E-state index contributed by atoms with van der Waals surface area (Å²) in [6.45, 7) is 8.32. The van der Waals surface area contributed by atoms with Gasteiger partial charge in [0.15, 0.2) is 0 Å². The molecule has 0 bridgehead atoms. The first kappa shape index (κ1) is 36.4. The van der Waals surface area contributed by atoms with Gasteiger partial charge in [-0.2, -0.15) is 0 Å². The van der Waals surface area contributed by atoms with Gasteiger partial charge in [-0.05, 0) is 94.0 Å². The highest BCUT2D eigenvalue weighted by Gasteiger charge is 2.30. The summed E-state index contributed by atoms with van der Waals surface area (Å²) < 4.78 is 11.1. The van der Waals surface area contributed by atoms with E-state index in [1.165, 1.54) is 23.1 Å². The number of anilines is 2. The van der Waals surface area contributed by atoms with Crippen molar-refractivity contribution in [2.24, 2.45) is 5.92 Å². The third-order valence-corrected chi connectivity index (χ3v) is 10.3. The maximum atomic E-state index is 13.7. The number of amides is 3. The lowest BCUT2D eigenvalue weighted by molar-refractivity contribution is -0.115. The van der Waals surface area contributed by atoms with E-state index in [0.717, 1.165) is 34.6 Å². The zero-order valence-electron chi connectivity index (χ0n) is 28.5. The quantitative estimate of drug-likeness (QED) is 0.0730. The smallest absolute Gasteiger partial charge is 0.341 e. The lowest BCUT2D eigenvalue weighted by atomic mass is 9.88. The van der Waals surface area contributed by atoms with Crippen molar-refractivity contribution in [3.05, 3.63) is 112 Å². The summed E-state index contributed by atoms with van der Waals surface area (Å²) in [7, 11) is 0. The standard InChI is InChI=1S/C39H41N3O6S2/c1-5-47-32-18-11-10-15-27(32)22-31(41-36(44)26-13-8-7-9-14-26)37(45)40-28-16-12-17-29(23-28)49-25(4)35(43)42-38-34(39(46)48-6-2)30-20-19-24(3)21-33(30)50-38/h7-18,22-25H,5-6,19-21H2,1-4H3,(H,40,45)(H,41,44)(H,42,43)/b31-22+. The second-order valence-electron chi connectivity index (χ2n) is 11.9. The Morgan fingerprint density at radius 1 is 0.960 bits per heavy atom. The SMILES string of the molecule is CCOC(=O)c1c(NC(=O)C(C)Sc2cccc(NC(=O)/C(=C\c3ccccc3OCC)NC(=O)c3ccccc3)c2)sc2c1CCC(C)C2. The summed E-state index contributed by atoms with van der Waals surface area (Å²) in [5, 5.41) is 8.66. The van der Waals surface area contributed by atoms with Crippen molar-refractivity contribution in [2.45, 2.75) is 57.1 Å². The molecule has 2 atom stereocenters. The third kappa shape index (κ3) is 9.22. The van der Waals surface area contributed by atoms with Crippen molar-refractivity contribution in [3.8, 4) is 5.75 Å². The van der Waals surface area contributed by atoms with Crippen molar-refractivity contribution in [1.82, 2.24) is 5.32 Å². The third-order valence-electron chi connectivity index (χ3n) is 8.05. The van der Waals surface area contributed by atoms with E-state index in [2.05, 4.69) is 22.9 Å². The number of esters is 1. The van der Waals surface area contributed by atoms with Gasteiger partial charge in [0.1, 0.15) is 16.4 Å². The molecule has 50 heavy (non-hydrogen) atoms. The molecule has 4 aromatic rings. The molecule has 9 nitrogen and oxygen atoms in total. The molecule has 1 aliphatic carbocycles. The van der Waals surface area contributed by atoms with Gasteiger partial charge in [-0.1, -0.05) is 49.4 Å². The number of ether oxygens (including phenoxy) is 2. The lowest BCUT2D eigenvalue weighted by Gasteiger charge is -2.18. The van der Waals surface area contributed by atoms with E-state index in [1.54, 1.807) is 74.5 Å². The highest BCUT2D eigenvalue weighted by atomic mass is 32.2. The van der Waals surface area contributed by atoms with Crippen molar-refractivity contribution in [3.63, 3.8) is 0 Å². The second kappa shape index (κ2) is 17.2. The van der Waals surface area contributed by atoms with Gasteiger partial charge in [-0.3, -0.25) is 14.4 Å². The van der Waals surface area contributed by atoms with Gasteiger partial charge >= 0.3 is 5.97 Å². The van der Waals surface area contributed by atoms with Crippen molar-refractivity contribution < 1.29 is 28.7 Å². The number of carbonyl (C=O) groups is 4. The molecular formula is C39H41N3O6S2. The number of carbonyl (C=O) groups excluding carboxylic acids is 4. The van der Waals surface area contributed by atoms with Crippen LogP contribution >= 0.6 is 23.1 Å². The summed E-state index contributed by atoms with van der Waals surface area (Å²) in [6.07, 6.45) is 4.22. The van der Waals surface area contributed by atoms with Crippen LogP contribution in [0.15, 0.2) is 89.5 Å². The Labute approximate surface area is 300 Å². The molecule has 260 valence electrons. The molecule has 0 fully saturated rings. The average molecular weight is 712 g/mol. The minimum absolute atomic E-state index is 0.0299. The van der Waals surface area contributed by atoms with Crippen LogP contribution in [0.25, 0.3) is 6.08 Å². The maximum Gasteiger partial charge on any atom is 0.341 e. The minimum Gasteiger partial charge on any atom is -0.493 e. The van der Waals surface area contributed by atoms with Gasteiger partial charge in [0.05, 0.1) is 24.0 Å². The van der Waals surface area contributed by atoms with Crippen LogP contribution < -0.4 is 20.7 Å². The molecule has 1 aromatic heterocycles. The van der Waals surface area contributed by atoms with Gasteiger partial charge < -0.3 is 25.4 Å². The van der Waals surface area contributed by atoms with Crippen molar-refractivity contribution in [1.29, 1.82) is 0 Å². The zero-order valence-corrected chi connectivity index (χ0v) is 30.2. The number of para-hydroxylation sites is 1. The van der Waals surface area contributed by atoms with Crippen LogP contribution in [-0.4, -0.2) is 42.2 Å². The van der Waals surface area contributed by atoms with Crippen LogP contribution in [0.2, 0.25) is 0 Å². The van der Waals surface area contributed by atoms with E-state index < -0.39 is 23.0 Å². The predicted octanol–water partition coefficient (Wildman–Crippen LogP) is 7.98. The normalized spacial score (nSPS) is 14.6. The van der Waals surface area contributed by atoms with E-state index in [-0.39, 0.29) is 18.2 Å². The molecule has 0 saturated carbocycles. The molecule has 0 spiro atoms. The Hall–Kier alpha value is -4.87. The average Bonchev–Trinajstić information content (AvgIpc) is 3.46. The van der Waals surface area contributed by atoms with Crippen LogP contribution in [0.4, 0.5) is 10.7 Å². The molecule has 0 radical (unpaired) electrons. The first-order chi connectivity index (χ1) is 24.2. The fraction of sp³-hybridized carbons (Fsp3) is 0.282. The summed E-state index contributed by atoms with van der Waals surface area (Å²) in [5.74, 6) is -0.531. The minimum atomic E-state index is -0.531. The number of fused-ring (bicyclic) bond motifs is 1. The van der Waals surface area contributed by atoms with E-state index in [1.807, 2.05) is 31.2 Å². The zero-order chi connectivity index (χ0) is 35.6. The van der Waals surface area contributed by atoms with Crippen molar-refractivity contribution in [2.75, 3.05) is 23.8 Å². The molecule has 0 aliphatic heterocycles. The number of thiophene rings is 1. The fourth-order valence-corrected chi connectivity index (χ4v) is 7.89. The number of rotatable bonds is 13. The largest absolute Gasteiger partial charge is 0.493 e. The fourth-order valence-electron chi connectivity index (χ4n) is 5.56. The van der Waals surface area contributed by atoms with Crippen molar-refractivity contribution >= 4 is 63.6 Å². The molecule has 1 aliphatic rings. The lowest BCUT2D eigenvalue weighted by Crippen LogP contribution is -2.30. The summed E-state index contributed by atoms with van der Waals surface area (Å²) in [6, 6.07) is 23.1. The summed E-state index contributed by atoms with van der Waals surface area (Å²) in [4.78, 5) is 55.1. The van der Waals surface area contributed by atoms with Gasteiger partial charge in [0.25, 0.3) is 11.8 Å². The number of nitrogens with one attached hydrogen (secondary N) is 3. The van der Waals surface area contributed by atoms with Gasteiger partial charge in [0, 0.05) is 26.6 Å². The Morgan fingerprint density at radius 3 is 2.48 bits per heavy atom. The van der Waals surface area contributed by atoms with Gasteiger partial charge in [0.2, 0.25) is 5.91 Å². The van der Waals surface area contributed by atoms with Crippen LogP contribution in [0.1, 0.15) is 70.8 Å². The predicted molar refractivity (Wildman–Crippen MR) is 200 cm³/mol. The Kier molecular flexibility index (Phi) is 12.5. The highest BCUT2D eigenvalue weighted by molar-refractivity contribution is 8.00. The molecule has 0 saturated heterocycles. The summed E-state index contributed by atoms with van der Waals surface area (Å²) >= 11 is 2.78. The number of hydrogen-bond donors (Lipinski definition) is 3. The number of thioether (sulfide) groups is 1. The molecule has 5 rings (SSSR count). The molecule has 1 heterocycles. The summed E-state index contributed by atoms with van der Waals surface area (Å²) in [5.41, 5.74) is 3.00. The first-order valence-corrected chi connectivity index (χ1v) is 18.4. The van der Waals surface area contributed by atoms with Crippen LogP contribution in [0.5, 0.6) is 5.75 Å². The van der Waals surface area contributed by atoms with Gasteiger partial charge in [-0.25, -0.2) is 4.79 Å². The van der Waals surface area contributed by atoms with E-state index in [0.29, 0.717) is 45.7 Å². The Bertz CT molecular complexity index is 1890. The molecule has 3 amide bonds. The molecule has 11 heteroatoms. The first-order valence-electron chi connectivity index (χ1n) is 16.7. The monoisotopic (exact) mass is 711 g/mol. The molecule has 3 aromatic carbocycles. The Morgan fingerprint density at radius 2 is 1.72 bits per heavy atom. The maximum absolute atomic E-state index is 13.7. The van der Waals surface area contributed by atoms with Crippen LogP contribution in [-0.2, 0) is 27.2 Å². The molecular weight excluding hydrogens is 671 g/mol. The number of benzene rings is 3. The topological polar surface area (TPSA) is 123 Å². The van der Waals surface area contributed by atoms with E-state index >= 15 is 0 Å². The van der Waals surface area contributed by atoms with E-state index in [9.17, 15) is 19.2 Å². The Balaban J connectivity index is 1.32. The second-order valence-corrected chi connectivity index (χ2v) is 14.4. The highest BCUT2D eigenvalue weighted by Crippen LogP contribution is 2.40. The number of hydrogen-bond acceptors (Lipinski definition) is 8. The van der Waals surface area contributed by atoms with E-state index in [4.69, 9.17) is 9.47 Å². The molecule has 2 unspecified atom stereocenters.